The smallest absolute Gasteiger partial charge is 0.127 e. The predicted octanol–water partition coefficient (Wildman–Crippen LogP) is -3.22. The molecule has 1 aliphatic rings. The third-order valence-electron chi connectivity index (χ3n) is 3.20. The molecular weight excluding hydrogens is 192 g/mol. The highest BCUT2D eigenvalue weighted by molar-refractivity contribution is 4.48. The van der Waals surface area contributed by atoms with Crippen molar-refractivity contribution in [2.75, 3.05) is 45.9 Å². The zero-order valence-electron chi connectivity index (χ0n) is 10.00. The first-order valence-electron chi connectivity index (χ1n) is 6.08. The van der Waals surface area contributed by atoms with Gasteiger partial charge in [-0.3, -0.25) is 0 Å². The predicted molar refractivity (Wildman–Crippen MR) is 59.1 cm³/mol. The summed E-state index contributed by atoms with van der Waals surface area (Å²) in [5, 5.41) is 18.3. The topological polar surface area (TPSA) is 49.3 Å². The number of piperazine rings is 1. The molecule has 1 rings (SSSR count). The van der Waals surface area contributed by atoms with E-state index in [0.717, 1.165) is 26.2 Å². The molecule has 1 aliphatic heterocycles. The lowest BCUT2D eigenvalue weighted by atomic mass is 10.1. The molecule has 2 atom stereocenters. The molecule has 2 unspecified atom stereocenters. The molecule has 15 heavy (non-hydrogen) atoms. The fraction of sp³-hybridized carbons (Fsp3) is 1.00. The zero-order valence-corrected chi connectivity index (χ0v) is 10.00. The van der Waals surface area contributed by atoms with Gasteiger partial charge >= 0.3 is 0 Å². The van der Waals surface area contributed by atoms with E-state index in [1.807, 2.05) is 6.92 Å². The highest BCUT2D eigenvalue weighted by Crippen LogP contribution is 1.85. The monoisotopic (exact) mass is 218 g/mol. The molecule has 1 saturated heterocycles. The molecule has 4 heteroatoms. The molecule has 1 fully saturated rings. The van der Waals surface area contributed by atoms with Crippen LogP contribution in [0.3, 0.4) is 0 Å². The van der Waals surface area contributed by atoms with Gasteiger partial charge in [0.15, 0.2) is 0 Å². The number of nitrogens with one attached hydrogen (secondary N) is 2. The molecule has 0 amide bonds. The largest absolute Gasteiger partial charge is 0.396 e. The zero-order chi connectivity index (χ0) is 11.3. The summed E-state index contributed by atoms with van der Waals surface area (Å²) in [4.78, 5) is 3.12. The van der Waals surface area contributed by atoms with Gasteiger partial charge in [0.1, 0.15) is 38.8 Å². The minimum Gasteiger partial charge on any atom is -0.396 e. The van der Waals surface area contributed by atoms with Gasteiger partial charge in [0.05, 0.1) is 13.2 Å². The Morgan fingerprint density at radius 2 is 1.47 bits per heavy atom. The van der Waals surface area contributed by atoms with Gasteiger partial charge in [-0.2, -0.15) is 0 Å². The standard InChI is InChI=1S/C11H24N2O2/c1-10(9-14)7-12-3-5-13(6-4-12)8-11(2)15/h10-11,14-15H,3-9H2,1-2H3/p+2. The molecule has 0 aromatic heterocycles. The van der Waals surface area contributed by atoms with Crippen LogP contribution < -0.4 is 9.80 Å². The number of rotatable bonds is 5. The Kier molecular flexibility index (Phi) is 5.53. The molecule has 1 heterocycles. The minimum atomic E-state index is -0.182. The number of hydrogen-bond acceptors (Lipinski definition) is 2. The molecule has 0 bridgehead atoms. The van der Waals surface area contributed by atoms with Crippen LogP contribution in [0.4, 0.5) is 0 Å². The maximum absolute atomic E-state index is 9.29. The Morgan fingerprint density at radius 1 is 1.00 bits per heavy atom. The highest BCUT2D eigenvalue weighted by atomic mass is 16.3. The second-order valence-electron chi connectivity index (χ2n) is 5.05. The molecule has 0 spiro atoms. The van der Waals surface area contributed by atoms with Crippen LogP contribution in [-0.4, -0.2) is 62.2 Å². The summed E-state index contributed by atoms with van der Waals surface area (Å²) < 4.78 is 0. The Labute approximate surface area is 92.5 Å². The van der Waals surface area contributed by atoms with Crippen molar-refractivity contribution >= 4 is 0 Å². The first-order valence-corrected chi connectivity index (χ1v) is 6.08. The molecule has 0 saturated carbocycles. The van der Waals surface area contributed by atoms with Gasteiger partial charge in [-0.15, -0.1) is 0 Å². The lowest BCUT2D eigenvalue weighted by Gasteiger charge is -2.31. The van der Waals surface area contributed by atoms with Crippen LogP contribution in [0.2, 0.25) is 0 Å². The van der Waals surface area contributed by atoms with E-state index in [9.17, 15) is 5.11 Å². The van der Waals surface area contributed by atoms with Crippen molar-refractivity contribution in [3.8, 4) is 0 Å². The van der Waals surface area contributed by atoms with Crippen molar-refractivity contribution in [3.63, 3.8) is 0 Å². The van der Waals surface area contributed by atoms with E-state index in [4.69, 9.17) is 5.11 Å². The number of aliphatic hydroxyl groups is 2. The van der Waals surface area contributed by atoms with Crippen molar-refractivity contribution in [2.24, 2.45) is 5.92 Å². The third-order valence-corrected chi connectivity index (χ3v) is 3.20. The highest BCUT2D eigenvalue weighted by Gasteiger charge is 2.24. The van der Waals surface area contributed by atoms with Gasteiger partial charge in [0.2, 0.25) is 0 Å². The van der Waals surface area contributed by atoms with Gasteiger partial charge in [0.25, 0.3) is 0 Å². The van der Waals surface area contributed by atoms with Gasteiger partial charge in [-0.25, -0.2) is 0 Å². The van der Waals surface area contributed by atoms with Gasteiger partial charge in [-0.05, 0) is 6.92 Å². The van der Waals surface area contributed by atoms with Crippen LogP contribution in [0.1, 0.15) is 13.8 Å². The summed E-state index contributed by atoms with van der Waals surface area (Å²) >= 11 is 0. The molecule has 0 aliphatic carbocycles. The maximum Gasteiger partial charge on any atom is 0.127 e. The summed E-state index contributed by atoms with van der Waals surface area (Å²) in [7, 11) is 0. The molecule has 0 radical (unpaired) electrons. The minimum absolute atomic E-state index is 0.182. The average molecular weight is 218 g/mol. The van der Waals surface area contributed by atoms with Crippen molar-refractivity contribution in [1.29, 1.82) is 0 Å². The molecule has 4 nitrogen and oxygen atoms in total. The van der Waals surface area contributed by atoms with E-state index in [1.165, 1.54) is 18.0 Å². The van der Waals surface area contributed by atoms with E-state index in [1.54, 1.807) is 4.90 Å². The first kappa shape index (κ1) is 12.9. The summed E-state index contributed by atoms with van der Waals surface area (Å²) in [5.41, 5.74) is 0. The normalized spacial score (nSPS) is 31.2. The quantitative estimate of drug-likeness (QED) is 0.392. The molecule has 0 aromatic carbocycles. The Morgan fingerprint density at radius 3 is 1.87 bits per heavy atom. The lowest BCUT2D eigenvalue weighted by molar-refractivity contribution is -1.01. The molecule has 4 N–H and O–H groups in total. The SMILES string of the molecule is CC(O)C[NH+]1CC[NH+](CC(C)CO)CC1. The third kappa shape index (κ3) is 4.93. The average Bonchev–Trinajstić information content (AvgIpc) is 2.20. The molecule has 90 valence electrons. The van der Waals surface area contributed by atoms with Crippen LogP contribution in [0.5, 0.6) is 0 Å². The maximum atomic E-state index is 9.29. The lowest BCUT2D eigenvalue weighted by Crippen LogP contribution is -3.28. The van der Waals surface area contributed by atoms with Crippen molar-refractivity contribution < 1.29 is 20.0 Å². The Hall–Kier alpha value is -0.160. The van der Waals surface area contributed by atoms with Crippen LogP contribution in [0, 0.1) is 5.92 Å². The van der Waals surface area contributed by atoms with Crippen LogP contribution in [-0.2, 0) is 0 Å². The summed E-state index contributed by atoms with van der Waals surface area (Å²) in [5.74, 6) is 0.415. The van der Waals surface area contributed by atoms with E-state index in [-0.39, 0.29) is 6.10 Å². The van der Waals surface area contributed by atoms with Gasteiger partial charge < -0.3 is 20.0 Å². The number of aliphatic hydroxyl groups excluding tert-OH is 2. The van der Waals surface area contributed by atoms with E-state index < -0.39 is 0 Å². The fourth-order valence-electron chi connectivity index (χ4n) is 2.34. The second kappa shape index (κ2) is 6.43. The van der Waals surface area contributed by atoms with Crippen molar-refractivity contribution in [3.05, 3.63) is 0 Å². The van der Waals surface area contributed by atoms with Crippen LogP contribution in [0.15, 0.2) is 0 Å². The van der Waals surface area contributed by atoms with Crippen molar-refractivity contribution in [1.82, 2.24) is 0 Å². The summed E-state index contributed by atoms with van der Waals surface area (Å²) in [6.07, 6.45) is -0.182. The fourth-order valence-corrected chi connectivity index (χ4v) is 2.34. The number of quaternary nitrogens is 2. The Balaban J connectivity index is 2.18. The summed E-state index contributed by atoms with van der Waals surface area (Å²) in [6.45, 7) is 10.9. The van der Waals surface area contributed by atoms with E-state index in [2.05, 4.69) is 6.92 Å². The van der Waals surface area contributed by atoms with Crippen molar-refractivity contribution in [2.45, 2.75) is 20.0 Å². The van der Waals surface area contributed by atoms with E-state index >= 15 is 0 Å². The summed E-state index contributed by atoms with van der Waals surface area (Å²) in [6, 6.07) is 0. The first-order chi connectivity index (χ1) is 7.11. The Bertz CT molecular complexity index is 168. The van der Waals surface area contributed by atoms with E-state index in [0.29, 0.717) is 12.5 Å². The van der Waals surface area contributed by atoms with Crippen LogP contribution >= 0.6 is 0 Å². The van der Waals surface area contributed by atoms with Gasteiger partial charge in [-0.1, -0.05) is 6.92 Å². The number of hydrogen-bond donors (Lipinski definition) is 4. The molecule has 0 aromatic rings. The van der Waals surface area contributed by atoms with Gasteiger partial charge in [0, 0.05) is 5.92 Å². The second-order valence-corrected chi connectivity index (χ2v) is 5.05. The molecular formula is C11H26N2O2+2. The van der Waals surface area contributed by atoms with Crippen LogP contribution in [0.25, 0.3) is 0 Å².